The molecule has 15 heteroatoms. The van der Waals surface area contributed by atoms with Crippen LogP contribution in [0.4, 0.5) is 10.5 Å². The molecule has 1 fully saturated rings. The van der Waals surface area contributed by atoms with E-state index < -0.39 is 59.3 Å². The van der Waals surface area contributed by atoms with E-state index in [1.165, 1.54) is 36.3 Å². The summed E-state index contributed by atoms with van der Waals surface area (Å²) in [6, 6.07) is 14.3. The summed E-state index contributed by atoms with van der Waals surface area (Å²) in [5.74, 6) is -1.66. The summed E-state index contributed by atoms with van der Waals surface area (Å²) in [6.07, 6.45) is -4.09. The number of aromatic hydroxyl groups is 2. The van der Waals surface area contributed by atoms with E-state index in [-0.39, 0.29) is 58.0 Å². The lowest BCUT2D eigenvalue weighted by Crippen LogP contribution is -2.65. The van der Waals surface area contributed by atoms with Crippen LogP contribution < -0.4 is 21.4 Å². The SMILES string of the molecule is CO[C@@H]1[C@@H](OC(N)=O)[C@@H](O)[C@H](Oc2ccc3c(O)c(NC(=O)c4cc(CC=C(C)C)c(O)c(CN(C)C(=O)c5ccccc5)c4)c(=O)oc3c2C)OC1(C)C. The van der Waals surface area contributed by atoms with Crippen LogP contribution >= 0.6 is 0 Å². The van der Waals surface area contributed by atoms with Gasteiger partial charge in [-0.25, -0.2) is 9.59 Å². The monoisotopic (exact) mass is 759 g/mol. The zero-order valence-electron chi connectivity index (χ0n) is 31.5. The summed E-state index contributed by atoms with van der Waals surface area (Å²) in [5, 5.41) is 36.0. The van der Waals surface area contributed by atoms with Crippen LogP contribution in [0.15, 0.2) is 75.5 Å². The first-order chi connectivity index (χ1) is 25.9. The number of nitrogens with two attached hydrogens (primary N) is 1. The molecule has 3 amide bonds. The van der Waals surface area contributed by atoms with E-state index in [0.717, 1.165) is 5.57 Å². The summed E-state index contributed by atoms with van der Waals surface area (Å²) in [7, 11) is 2.94. The van der Waals surface area contributed by atoms with Crippen LogP contribution in [0.1, 0.15) is 65.1 Å². The fraction of sp³-hybridized carbons (Fsp3) is 0.350. The minimum atomic E-state index is -1.55. The number of aryl methyl sites for hydroxylation is 1. The molecule has 292 valence electrons. The van der Waals surface area contributed by atoms with Gasteiger partial charge in [0, 0.05) is 43.0 Å². The molecule has 0 bridgehead atoms. The number of phenols is 1. The highest BCUT2D eigenvalue weighted by Gasteiger charge is 2.53. The van der Waals surface area contributed by atoms with Crippen molar-refractivity contribution < 1.29 is 53.1 Å². The predicted molar refractivity (Wildman–Crippen MR) is 201 cm³/mol. The van der Waals surface area contributed by atoms with Crippen LogP contribution in [-0.2, 0) is 27.2 Å². The van der Waals surface area contributed by atoms with E-state index in [9.17, 15) is 34.5 Å². The largest absolute Gasteiger partial charge is 0.507 e. The van der Waals surface area contributed by atoms with Crippen molar-refractivity contribution in [2.75, 3.05) is 19.5 Å². The number of aliphatic hydroxyl groups is 1. The summed E-state index contributed by atoms with van der Waals surface area (Å²) in [4.78, 5) is 53.2. The Labute approximate surface area is 316 Å². The first-order valence-electron chi connectivity index (χ1n) is 17.3. The summed E-state index contributed by atoms with van der Waals surface area (Å²) in [6.45, 7) is 8.58. The number of ether oxygens (including phenoxy) is 4. The number of nitrogens with zero attached hydrogens (tertiary/aromatic N) is 1. The van der Waals surface area contributed by atoms with E-state index in [4.69, 9.17) is 29.1 Å². The summed E-state index contributed by atoms with van der Waals surface area (Å²) < 4.78 is 28.1. The van der Waals surface area contributed by atoms with Crippen molar-refractivity contribution >= 4 is 34.6 Å². The van der Waals surface area contributed by atoms with E-state index in [1.807, 2.05) is 19.9 Å². The molecule has 0 radical (unpaired) electrons. The fourth-order valence-corrected chi connectivity index (χ4v) is 6.47. The van der Waals surface area contributed by atoms with Crippen LogP contribution in [0.5, 0.6) is 17.2 Å². The van der Waals surface area contributed by atoms with E-state index in [1.54, 1.807) is 58.2 Å². The van der Waals surface area contributed by atoms with Crippen LogP contribution in [0.2, 0.25) is 0 Å². The van der Waals surface area contributed by atoms with Crippen molar-refractivity contribution in [3.63, 3.8) is 0 Å². The number of anilines is 1. The molecule has 0 aliphatic carbocycles. The van der Waals surface area contributed by atoms with Crippen molar-refractivity contribution in [1.82, 2.24) is 4.90 Å². The number of hydrogen-bond acceptors (Lipinski definition) is 12. The second kappa shape index (κ2) is 16.2. The first kappa shape index (κ1) is 40.3. The van der Waals surface area contributed by atoms with Gasteiger partial charge >= 0.3 is 11.7 Å². The number of nitrogens with one attached hydrogen (secondary N) is 1. The molecule has 1 saturated heterocycles. The van der Waals surface area contributed by atoms with Gasteiger partial charge in [-0.15, -0.1) is 0 Å². The summed E-state index contributed by atoms with van der Waals surface area (Å²) >= 11 is 0. The molecule has 1 aromatic heterocycles. The highest BCUT2D eigenvalue weighted by atomic mass is 16.7. The topological polar surface area (TPSA) is 220 Å². The minimum absolute atomic E-state index is 0.0399. The molecule has 0 spiro atoms. The molecule has 1 aliphatic rings. The van der Waals surface area contributed by atoms with Gasteiger partial charge < -0.3 is 54.6 Å². The number of methoxy groups -OCH3 is 1. The number of aliphatic hydroxyl groups excluding tert-OH is 1. The smallest absolute Gasteiger partial charge is 0.404 e. The Morgan fingerprint density at radius 2 is 1.69 bits per heavy atom. The highest BCUT2D eigenvalue weighted by Crippen LogP contribution is 2.39. The normalized spacial score (nSPS) is 19.0. The Hall–Kier alpha value is -5.90. The van der Waals surface area contributed by atoms with Gasteiger partial charge in [0.1, 0.15) is 23.2 Å². The molecule has 5 rings (SSSR count). The summed E-state index contributed by atoms with van der Waals surface area (Å²) in [5.41, 5.74) is 4.82. The standard InChI is InChI=1S/C40H45N3O12/c1-20(2)13-14-23-17-24(18-25(29(23)44)19-43(6)36(48)22-11-9-8-10-12-22)35(47)42-28-30(45)26-15-16-27(21(3)32(26)53-37(28)49)52-38-31(46)33(54-39(41)50)34(51-7)40(4,5)55-38/h8-13,15-18,31,33-34,38,44-46H,14,19H2,1-7H3,(H2,41,50)(H,42,47)/t31-,33+,34-,38-/m1/s1. The minimum Gasteiger partial charge on any atom is -0.507 e. The van der Waals surface area contributed by atoms with Gasteiger partial charge in [0.05, 0.1) is 11.0 Å². The molecule has 0 saturated carbocycles. The molecule has 0 unspecified atom stereocenters. The lowest BCUT2D eigenvalue weighted by atomic mass is 9.89. The van der Waals surface area contributed by atoms with Crippen LogP contribution in [0, 0.1) is 6.92 Å². The third-order valence-electron chi connectivity index (χ3n) is 9.29. The predicted octanol–water partition coefficient (Wildman–Crippen LogP) is 4.90. The maximum Gasteiger partial charge on any atom is 0.404 e. The molecule has 3 aromatic carbocycles. The second-order valence-electron chi connectivity index (χ2n) is 14.0. The zero-order chi connectivity index (χ0) is 40.4. The second-order valence-corrected chi connectivity index (χ2v) is 14.0. The molecule has 55 heavy (non-hydrogen) atoms. The number of hydrogen-bond donors (Lipinski definition) is 5. The molecule has 1 aliphatic heterocycles. The van der Waals surface area contributed by atoms with Gasteiger partial charge in [0.15, 0.2) is 23.6 Å². The average molecular weight is 760 g/mol. The average Bonchev–Trinajstić information content (AvgIpc) is 3.13. The molecule has 6 N–H and O–H groups in total. The Bertz CT molecular complexity index is 2190. The lowest BCUT2D eigenvalue weighted by Gasteiger charge is -2.47. The van der Waals surface area contributed by atoms with Crippen LogP contribution in [0.25, 0.3) is 11.0 Å². The van der Waals surface area contributed by atoms with Crippen LogP contribution in [-0.4, -0.2) is 82.5 Å². The maximum absolute atomic E-state index is 13.7. The lowest BCUT2D eigenvalue weighted by molar-refractivity contribution is -0.304. The van der Waals surface area contributed by atoms with E-state index in [0.29, 0.717) is 11.1 Å². The van der Waals surface area contributed by atoms with E-state index in [2.05, 4.69) is 5.32 Å². The Kier molecular flexibility index (Phi) is 11.9. The molecular weight excluding hydrogens is 714 g/mol. The quantitative estimate of drug-likeness (QED) is 0.102. The number of phenolic OH excluding ortho intramolecular Hbond substituents is 1. The maximum atomic E-state index is 13.7. The number of allylic oxidation sites excluding steroid dienone is 2. The van der Waals surface area contributed by atoms with Gasteiger partial charge in [-0.1, -0.05) is 29.8 Å². The molecule has 4 atom stereocenters. The highest BCUT2D eigenvalue weighted by molar-refractivity contribution is 6.07. The van der Waals surface area contributed by atoms with Crippen molar-refractivity contribution in [3.05, 3.63) is 104 Å². The van der Waals surface area contributed by atoms with Gasteiger partial charge in [0.25, 0.3) is 11.8 Å². The number of benzene rings is 3. The molecular formula is C40H45N3O12. The Morgan fingerprint density at radius 1 is 1.02 bits per heavy atom. The number of rotatable bonds is 11. The number of carbonyl (C=O) groups is 3. The van der Waals surface area contributed by atoms with Crippen molar-refractivity contribution in [2.24, 2.45) is 5.73 Å². The molecule has 2 heterocycles. The van der Waals surface area contributed by atoms with Crippen molar-refractivity contribution in [1.29, 1.82) is 0 Å². The number of amides is 3. The number of primary amides is 1. The van der Waals surface area contributed by atoms with Gasteiger partial charge in [0.2, 0.25) is 6.29 Å². The third kappa shape index (κ3) is 8.59. The zero-order valence-corrected chi connectivity index (χ0v) is 31.5. The number of fused-ring (bicyclic) bond motifs is 1. The molecule has 15 nitrogen and oxygen atoms in total. The first-order valence-corrected chi connectivity index (χ1v) is 17.3. The Balaban J connectivity index is 1.44. The molecule has 4 aromatic rings. The van der Waals surface area contributed by atoms with Gasteiger partial charge in [-0.3, -0.25) is 9.59 Å². The van der Waals surface area contributed by atoms with Crippen LogP contribution in [0.3, 0.4) is 0 Å². The Morgan fingerprint density at radius 3 is 2.33 bits per heavy atom. The van der Waals surface area contributed by atoms with Crippen molar-refractivity contribution in [2.45, 2.75) is 77.8 Å². The van der Waals surface area contributed by atoms with E-state index >= 15 is 0 Å². The third-order valence-corrected chi connectivity index (χ3v) is 9.29. The van der Waals surface area contributed by atoms with Gasteiger partial charge in [-0.2, -0.15) is 0 Å². The fourth-order valence-electron chi connectivity index (χ4n) is 6.47. The van der Waals surface area contributed by atoms with Crippen molar-refractivity contribution in [3.8, 4) is 17.2 Å². The number of carbonyl (C=O) groups excluding carboxylic acids is 3. The van der Waals surface area contributed by atoms with Gasteiger partial charge in [-0.05, 0) is 83.0 Å².